The summed E-state index contributed by atoms with van der Waals surface area (Å²) in [5.74, 6) is 0. The van der Waals surface area contributed by atoms with Crippen LogP contribution in [0.3, 0.4) is 0 Å². The van der Waals surface area contributed by atoms with Crippen LogP contribution >= 0.6 is 22.9 Å². The molecule has 0 aliphatic rings. The van der Waals surface area contributed by atoms with Crippen molar-refractivity contribution in [2.45, 2.75) is 20.0 Å². The third-order valence-corrected chi connectivity index (χ3v) is 4.76. The second-order valence-corrected chi connectivity index (χ2v) is 7.29. The zero-order chi connectivity index (χ0) is 15.7. The van der Waals surface area contributed by atoms with Crippen LogP contribution in [-0.4, -0.2) is 16.4 Å². The lowest BCUT2D eigenvalue weighted by Crippen LogP contribution is -3.06. The molecule has 4 nitrogen and oxygen atoms in total. The number of aryl methyl sites for hydroxylation is 1. The molecule has 0 saturated heterocycles. The van der Waals surface area contributed by atoms with Crippen LogP contribution in [0.1, 0.15) is 16.1 Å². The monoisotopic (exact) mass is 334 g/mol. The van der Waals surface area contributed by atoms with Gasteiger partial charge in [0.05, 0.1) is 16.3 Å². The molecule has 1 atom stereocenters. The van der Waals surface area contributed by atoms with Gasteiger partial charge < -0.3 is 4.90 Å². The Balaban J connectivity index is 1.84. The fourth-order valence-electron chi connectivity index (χ4n) is 2.52. The Labute approximate surface area is 137 Å². The molecule has 3 heterocycles. The fraction of sp³-hybridized carbons (Fsp3) is 0.250. The molecule has 0 amide bonds. The number of hydrogen-bond acceptors (Lipinski definition) is 3. The molecule has 0 aliphatic heterocycles. The molecule has 0 aromatic carbocycles. The number of quaternary nitrogens is 1. The van der Waals surface area contributed by atoms with Crippen molar-refractivity contribution in [1.29, 1.82) is 0 Å². The first kappa shape index (κ1) is 15.2. The summed E-state index contributed by atoms with van der Waals surface area (Å²) >= 11 is 7.55. The summed E-state index contributed by atoms with van der Waals surface area (Å²) in [6.07, 6.45) is 1.76. The molecular weight excluding hydrogens is 318 g/mol. The van der Waals surface area contributed by atoms with Crippen molar-refractivity contribution in [2.24, 2.45) is 0 Å². The van der Waals surface area contributed by atoms with E-state index in [2.05, 4.69) is 12.0 Å². The number of halogens is 1. The number of aromatic nitrogens is 2. The van der Waals surface area contributed by atoms with Crippen molar-refractivity contribution in [2.75, 3.05) is 7.05 Å². The number of nitrogens with zero attached hydrogens (tertiary/aromatic N) is 2. The molecule has 3 rings (SSSR count). The van der Waals surface area contributed by atoms with Crippen LogP contribution in [0.15, 0.2) is 41.3 Å². The van der Waals surface area contributed by atoms with Gasteiger partial charge in [-0.3, -0.25) is 9.20 Å². The smallest absolute Gasteiger partial charge is 0.258 e. The van der Waals surface area contributed by atoms with Crippen molar-refractivity contribution in [3.63, 3.8) is 0 Å². The summed E-state index contributed by atoms with van der Waals surface area (Å²) in [5.41, 5.74) is 2.52. The quantitative estimate of drug-likeness (QED) is 0.792. The van der Waals surface area contributed by atoms with Gasteiger partial charge in [-0.25, -0.2) is 4.98 Å². The minimum absolute atomic E-state index is 0.0318. The van der Waals surface area contributed by atoms with Crippen LogP contribution < -0.4 is 10.5 Å². The highest BCUT2D eigenvalue weighted by molar-refractivity contribution is 7.16. The highest BCUT2D eigenvalue weighted by Crippen LogP contribution is 2.20. The third-order valence-electron chi connectivity index (χ3n) is 3.53. The van der Waals surface area contributed by atoms with Gasteiger partial charge in [0, 0.05) is 12.3 Å². The minimum Gasteiger partial charge on any atom is -0.328 e. The van der Waals surface area contributed by atoms with Gasteiger partial charge in [0.15, 0.2) is 0 Å². The predicted octanol–water partition coefficient (Wildman–Crippen LogP) is 1.93. The topological polar surface area (TPSA) is 38.8 Å². The van der Waals surface area contributed by atoms with Gasteiger partial charge >= 0.3 is 0 Å². The van der Waals surface area contributed by atoms with E-state index in [1.807, 2.05) is 31.2 Å². The lowest BCUT2D eigenvalue weighted by Gasteiger charge is -2.13. The van der Waals surface area contributed by atoms with Gasteiger partial charge in [0.2, 0.25) is 0 Å². The zero-order valence-corrected chi connectivity index (χ0v) is 14.0. The van der Waals surface area contributed by atoms with Crippen LogP contribution in [-0.2, 0) is 13.1 Å². The Kier molecular flexibility index (Phi) is 4.29. The van der Waals surface area contributed by atoms with Crippen molar-refractivity contribution < 1.29 is 4.90 Å². The molecule has 3 aromatic heterocycles. The Morgan fingerprint density at radius 3 is 2.86 bits per heavy atom. The lowest BCUT2D eigenvalue weighted by molar-refractivity contribution is -0.907. The predicted molar refractivity (Wildman–Crippen MR) is 89.8 cm³/mol. The van der Waals surface area contributed by atoms with Crippen LogP contribution in [0.25, 0.3) is 5.65 Å². The summed E-state index contributed by atoms with van der Waals surface area (Å²) in [4.78, 5) is 19.3. The molecule has 0 aliphatic carbocycles. The maximum atomic E-state index is 12.2. The molecule has 0 fully saturated rings. The number of pyridine rings is 1. The van der Waals surface area contributed by atoms with Gasteiger partial charge in [0.25, 0.3) is 5.56 Å². The summed E-state index contributed by atoms with van der Waals surface area (Å²) in [6, 6.07) is 9.41. The highest BCUT2D eigenvalue weighted by Gasteiger charge is 2.11. The van der Waals surface area contributed by atoms with Gasteiger partial charge in [-0.2, -0.15) is 0 Å². The van der Waals surface area contributed by atoms with Crippen LogP contribution in [0.5, 0.6) is 0 Å². The molecular formula is C16H17ClN3OS+. The van der Waals surface area contributed by atoms with Gasteiger partial charge in [-0.15, -0.1) is 11.3 Å². The second-order valence-electron chi connectivity index (χ2n) is 5.49. The summed E-state index contributed by atoms with van der Waals surface area (Å²) in [6.45, 7) is 3.54. The molecule has 6 heteroatoms. The minimum atomic E-state index is -0.0318. The van der Waals surface area contributed by atoms with E-state index in [0.29, 0.717) is 6.54 Å². The summed E-state index contributed by atoms with van der Waals surface area (Å²) < 4.78 is 2.40. The van der Waals surface area contributed by atoms with Crippen LogP contribution in [0.2, 0.25) is 4.34 Å². The molecule has 114 valence electrons. The zero-order valence-electron chi connectivity index (χ0n) is 12.5. The SMILES string of the molecule is Cc1cccn2c(=O)cc(C[NH+](C)Cc3ccc(Cl)s3)nc12. The van der Waals surface area contributed by atoms with Crippen LogP contribution in [0.4, 0.5) is 0 Å². The molecule has 1 N–H and O–H groups in total. The van der Waals surface area contributed by atoms with E-state index < -0.39 is 0 Å². The van der Waals surface area contributed by atoms with E-state index in [0.717, 1.165) is 27.8 Å². The van der Waals surface area contributed by atoms with Gasteiger partial charge in [-0.05, 0) is 30.7 Å². The maximum absolute atomic E-state index is 12.2. The van der Waals surface area contributed by atoms with E-state index in [9.17, 15) is 4.79 Å². The lowest BCUT2D eigenvalue weighted by atomic mass is 10.3. The first-order valence-corrected chi connectivity index (χ1v) is 8.26. The number of rotatable bonds is 4. The van der Waals surface area contributed by atoms with Gasteiger partial charge in [-0.1, -0.05) is 17.7 Å². The Hall–Kier alpha value is -1.69. The average molecular weight is 335 g/mol. The van der Waals surface area contributed by atoms with E-state index in [-0.39, 0.29) is 5.56 Å². The molecule has 0 radical (unpaired) electrons. The van der Waals surface area contributed by atoms with Gasteiger partial charge in [0.1, 0.15) is 24.4 Å². The van der Waals surface area contributed by atoms with E-state index in [1.165, 1.54) is 9.78 Å². The average Bonchev–Trinajstić information content (AvgIpc) is 2.85. The number of fused-ring (bicyclic) bond motifs is 1. The largest absolute Gasteiger partial charge is 0.328 e. The molecule has 1 unspecified atom stereocenters. The Bertz CT molecular complexity index is 871. The van der Waals surface area contributed by atoms with Crippen molar-refractivity contribution in [3.05, 3.63) is 67.4 Å². The highest BCUT2D eigenvalue weighted by atomic mass is 35.5. The van der Waals surface area contributed by atoms with Crippen molar-refractivity contribution in [1.82, 2.24) is 9.38 Å². The second kappa shape index (κ2) is 6.20. The standard InChI is InChI=1S/C16H16ClN3OS/c1-11-4-3-7-20-15(21)8-12(18-16(11)20)9-19(2)10-13-5-6-14(17)22-13/h3-8H,9-10H2,1-2H3/p+1. The maximum Gasteiger partial charge on any atom is 0.258 e. The Morgan fingerprint density at radius 2 is 2.14 bits per heavy atom. The normalized spacial score (nSPS) is 12.7. The molecule has 3 aromatic rings. The third kappa shape index (κ3) is 3.21. The van der Waals surface area contributed by atoms with E-state index in [1.54, 1.807) is 28.0 Å². The van der Waals surface area contributed by atoms with Crippen LogP contribution in [0, 0.1) is 6.92 Å². The van der Waals surface area contributed by atoms with Crippen molar-refractivity contribution >= 4 is 28.6 Å². The Morgan fingerprint density at radius 1 is 1.32 bits per heavy atom. The molecule has 0 bridgehead atoms. The summed E-state index contributed by atoms with van der Waals surface area (Å²) in [7, 11) is 2.09. The number of thiophene rings is 1. The first-order chi connectivity index (χ1) is 10.5. The molecule has 0 saturated carbocycles. The molecule has 0 spiro atoms. The molecule has 22 heavy (non-hydrogen) atoms. The first-order valence-electron chi connectivity index (χ1n) is 7.06. The van der Waals surface area contributed by atoms with Crippen molar-refractivity contribution in [3.8, 4) is 0 Å². The fourth-order valence-corrected chi connectivity index (χ4v) is 3.72. The number of nitrogens with one attached hydrogen (secondary N) is 1. The van der Waals surface area contributed by atoms with E-state index in [4.69, 9.17) is 11.6 Å². The number of hydrogen-bond donors (Lipinski definition) is 1. The summed E-state index contributed by atoms with van der Waals surface area (Å²) in [5, 5.41) is 0. The van der Waals surface area contributed by atoms with E-state index >= 15 is 0 Å².